The van der Waals surface area contributed by atoms with E-state index in [4.69, 9.17) is 20.8 Å². The lowest BCUT2D eigenvalue weighted by Crippen LogP contribution is -3.07. The van der Waals surface area contributed by atoms with Gasteiger partial charge in [0, 0.05) is 16.1 Å². The normalized spacial score (nSPS) is 13.4. The first-order valence-electron chi connectivity index (χ1n) is 8.11. The fourth-order valence-corrected chi connectivity index (χ4v) is 2.77. The maximum absolute atomic E-state index is 6.02. The summed E-state index contributed by atoms with van der Waals surface area (Å²) < 4.78 is 11.1. The molecule has 0 spiro atoms. The summed E-state index contributed by atoms with van der Waals surface area (Å²) in [5.41, 5.74) is 2.05. The van der Waals surface area contributed by atoms with Crippen LogP contribution in [-0.2, 0) is 6.54 Å². The van der Waals surface area contributed by atoms with Crippen LogP contribution in [0.15, 0.2) is 52.9 Å². The molecule has 6 heteroatoms. The fourth-order valence-electron chi connectivity index (χ4n) is 2.58. The molecule has 0 aliphatic rings. The minimum Gasteiger partial charge on any atom is -0.497 e. The number of nitrogens with zero attached hydrogens (tertiary/aromatic N) is 2. The van der Waals surface area contributed by atoms with E-state index in [2.05, 4.69) is 36.3 Å². The second kappa shape index (κ2) is 7.68. The average Bonchev–Trinajstić information content (AvgIpc) is 3.12. The largest absolute Gasteiger partial charge is 0.497 e. The zero-order valence-electron chi connectivity index (χ0n) is 14.5. The number of quaternary nitrogens is 1. The van der Waals surface area contributed by atoms with Crippen molar-refractivity contribution in [2.45, 2.75) is 19.5 Å². The summed E-state index contributed by atoms with van der Waals surface area (Å²) in [5, 5.41) is 9.01. The summed E-state index contributed by atoms with van der Waals surface area (Å²) in [6.07, 6.45) is 0. The van der Waals surface area contributed by atoms with Crippen LogP contribution in [0.3, 0.4) is 0 Å². The van der Waals surface area contributed by atoms with Crippen molar-refractivity contribution in [1.29, 1.82) is 0 Å². The molecule has 5 nitrogen and oxygen atoms in total. The van der Waals surface area contributed by atoms with Gasteiger partial charge in [0.25, 0.3) is 5.89 Å². The maximum atomic E-state index is 6.02. The summed E-state index contributed by atoms with van der Waals surface area (Å²) in [7, 11) is 3.78. The van der Waals surface area contributed by atoms with Crippen LogP contribution in [0.4, 0.5) is 0 Å². The first kappa shape index (κ1) is 17.5. The lowest BCUT2D eigenvalue weighted by atomic mass is 10.2. The smallest absolute Gasteiger partial charge is 0.274 e. The first-order chi connectivity index (χ1) is 12.1. The van der Waals surface area contributed by atoms with Gasteiger partial charge >= 0.3 is 0 Å². The van der Waals surface area contributed by atoms with Crippen LogP contribution in [0.1, 0.15) is 24.4 Å². The predicted molar refractivity (Wildman–Crippen MR) is 96.7 cm³/mol. The van der Waals surface area contributed by atoms with E-state index in [1.807, 2.05) is 36.4 Å². The van der Waals surface area contributed by atoms with Crippen molar-refractivity contribution in [2.75, 3.05) is 14.2 Å². The van der Waals surface area contributed by atoms with Crippen molar-refractivity contribution in [3.05, 3.63) is 65.0 Å². The quantitative estimate of drug-likeness (QED) is 0.735. The SMILES string of the molecule is COc1ccc(C[NH+](C)[C@H](C)c2nnc(-c3cccc(Cl)c3)o2)cc1. The van der Waals surface area contributed by atoms with Crippen LogP contribution in [0.5, 0.6) is 5.75 Å². The zero-order chi connectivity index (χ0) is 17.8. The Morgan fingerprint density at radius 2 is 1.92 bits per heavy atom. The third-order valence-electron chi connectivity index (χ3n) is 4.26. The molecule has 3 rings (SSSR count). The molecular formula is C19H21ClN3O2+. The van der Waals surface area contributed by atoms with Gasteiger partial charge in [-0.05, 0) is 49.4 Å². The van der Waals surface area contributed by atoms with Gasteiger partial charge in [-0.1, -0.05) is 17.7 Å². The van der Waals surface area contributed by atoms with Gasteiger partial charge in [0.2, 0.25) is 5.89 Å². The van der Waals surface area contributed by atoms with E-state index in [0.29, 0.717) is 16.8 Å². The molecule has 1 unspecified atom stereocenters. The molecule has 1 N–H and O–H groups in total. The second-order valence-electron chi connectivity index (χ2n) is 6.05. The van der Waals surface area contributed by atoms with Crippen LogP contribution in [-0.4, -0.2) is 24.4 Å². The van der Waals surface area contributed by atoms with Gasteiger partial charge in [-0.25, -0.2) is 0 Å². The minimum absolute atomic E-state index is 0.0718. The summed E-state index contributed by atoms with van der Waals surface area (Å²) in [4.78, 5) is 1.26. The number of benzene rings is 2. The Balaban J connectivity index is 1.70. The van der Waals surface area contributed by atoms with Crippen molar-refractivity contribution in [3.8, 4) is 17.2 Å². The van der Waals surface area contributed by atoms with E-state index in [0.717, 1.165) is 17.9 Å². The molecule has 0 radical (unpaired) electrons. The topological polar surface area (TPSA) is 52.6 Å². The summed E-state index contributed by atoms with van der Waals surface area (Å²) >= 11 is 6.02. The lowest BCUT2D eigenvalue weighted by molar-refractivity contribution is -0.925. The number of rotatable bonds is 6. The maximum Gasteiger partial charge on any atom is 0.274 e. The van der Waals surface area contributed by atoms with Crippen molar-refractivity contribution in [2.24, 2.45) is 0 Å². The molecule has 0 saturated heterocycles. The van der Waals surface area contributed by atoms with E-state index in [1.165, 1.54) is 10.5 Å². The minimum atomic E-state index is 0.0718. The fraction of sp³-hybridized carbons (Fsp3) is 0.263. The van der Waals surface area contributed by atoms with Crippen molar-refractivity contribution in [1.82, 2.24) is 10.2 Å². The number of halogens is 1. The molecule has 0 aliphatic heterocycles. The van der Waals surface area contributed by atoms with Crippen molar-refractivity contribution < 1.29 is 14.1 Å². The molecular weight excluding hydrogens is 338 g/mol. The Morgan fingerprint density at radius 3 is 2.60 bits per heavy atom. The van der Waals surface area contributed by atoms with Gasteiger partial charge in [-0.3, -0.25) is 0 Å². The van der Waals surface area contributed by atoms with Gasteiger partial charge in [-0.15, -0.1) is 10.2 Å². The lowest BCUT2D eigenvalue weighted by Gasteiger charge is -2.19. The highest BCUT2D eigenvalue weighted by Crippen LogP contribution is 2.22. The number of hydrogen-bond acceptors (Lipinski definition) is 4. The highest BCUT2D eigenvalue weighted by molar-refractivity contribution is 6.30. The highest BCUT2D eigenvalue weighted by atomic mass is 35.5. The average molecular weight is 359 g/mol. The Morgan fingerprint density at radius 1 is 1.16 bits per heavy atom. The predicted octanol–water partition coefficient (Wildman–Crippen LogP) is 3.17. The molecule has 25 heavy (non-hydrogen) atoms. The van der Waals surface area contributed by atoms with Crippen LogP contribution < -0.4 is 9.64 Å². The molecule has 0 bridgehead atoms. The Hall–Kier alpha value is -2.37. The summed E-state index contributed by atoms with van der Waals surface area (Å²) in [6.45, 7) is 2.92. The molecule has 2 atom stereocenters. The van der Waals surface area contributed by atoms with Crippen LogP contribution in [0.25, 0.3) is 11.5 Å². The monoisotopic (exact) mass is 358 g/mol. The van der Waals surface area contributed by atoms with E-state index in [-0.39, 0.29) is 6.04 Å². The first-order valence-corrected chi connectivity index (χ1v) is 8.49. The summed E-state index contributed by atoms with van der Waals surface area (Å²) in [5.74, 6) is 1.96. The van der Waals surface area contributed by atoms with Gasteiger partial charge in [0.1, 0.15) is 12.3 Å². The molecule has 0 fully saturated rings. The number of methoxy groups -OCH3 is 1. The van der Waals surface area contributed by atoms with Gasteiger partial charge in [0.15, 0.2) is 6.04 Å². The number of hydrogen-bond donors (Lipinski definition) is 1. The van der Waals surface area contributed by atoms with Gasteiger partial charge < -0.3 is 14.1 Å². The molecule has 0 amide bonds. The zero-order valence-corrected chi connectivity index (χ0v) is 15.2. The molecule has 130 valence electrons. The van der Waals surface area contributed by atoms with Crippen molar-refractivity contribution in [3.63, 3.8) is 0 Å². The van der Waals surface area contributed by atoms with Crippen molar-refractivity contribution >= 4 is 11.6 Å². The molecule has 2 aromatic carbocycles. The Kier molecular flexibility index (Phi) is 5.36. The van der Waals surface area contributed by atoms with E-state index < -0.39 is 0 Å². The number of aromatic nitrogens is 2. The molecule has 1 aromatic heterocycles. The van der Waals surface area contributed by atoms with Gasteiger partial charge in [0.05, 0.1) is 14.2 Å². The molecule has 0 saturated carbocycles. The highest BCUT2D eigenvalue weighted by Gasteiger charge is 2.22. The van der Waals surface area contributed by atoms with Gasteiger partial charge in [-0.2, -0.15) is 0 Å². The molecule has 0 aliphatic carbocycles. The Labute approximate surface area is 152 Å². The summed E-state index contributed by atoms with van der Waals surface area (Å²) in [6, 6.07) is 15.6. The number of ether oxygens (including phenoxy) is 1. The van der Waals surface area contributed by atoms with Crippen LogP contribution in [0, 0.1) is 0 Å². The van der Waals surface area contributed by atoms with E-state index in [9.17, 15) is 0 Å². The second-order valence-corrected chi connectivity index (χ2v) is 6.49. The van der Waals surface area contributed by atoms with E-state index in [1.54, 1.807) is 7.11 Å². The molecule has 3 aromatic rings. The van der Waals surface area contributed by atoms with Crippen LogP contribution in [0.2, 0.25) is 5.02 Å². The number of nitrogens with one attached hydrogen (secondary N) is 1. The standard InChI is InChI=1S/C19H20ClN3O2/c1-13(23(2)12-14-7-9-17(24-3)10-8-14)18-21-22-19(25-18)15-5-4-6-16(20)11-15/h4-11,13H,12H2,1-3H3/p+1/t13-/m1/s1. The van der Waals surface area contributed by atoms with Crippen LogP contribution >= 0.6 is 11.6 Å². The third kappa shape index (κ3) is 4.18. The third-order valence-corrected chi connectivity index (χ3v) is 4.50. The molecule has 1 heterocycles. The van der Waals surface area contributed by atoms with E-state index >= 15 is 0 Å². The Bertz CT molecular complexity index is 833.